The van der Waals surface area contributed by atoms with E-state index in [-0.39, 0.29) is 6.79 Å². The van der Waals surface area contributed by atoms with Crippen LogP contribution in [-0.2, 0) is 0 Å². The zero-order valence-electron chi connectivity index (χ0n) is 13.3. The van der Waals surface area contributed by atoms with Crippen molar-refractivity contribution in [3.8, 4) is 39.9 Å². The fourth-order valence-corrected chi connectivity index (χ4v) is 2.69. The van der Waals surface area contributed by atoms with Crippen LogP contribution in [0.15, 0.2) is 30.8 Å². The molecule has 0 fully saturated rings. The van der Waals surface area contributed by atoms with Gasteiger partial charge in [0.05, 0.1) is 21.3 Å². The van der Waals surface area contributed by atoms with E-state index in [1.165, 1.54) is 0 Å². The van der Waals surface area contributed by atoms with Crippen LogP contribution in [0.4, 0.5) is 0 Å². The van der Waals surface area contributed by atoms with E-state index >= 15 is 0 Å². The second kappa shape index (κ2) is 6.12. The van der Waals surface area contributed by atoms with Gasteiger partial charge in [-0.05, 0) is 29.3 Å². The first-order valence-electron chi connectivity index (χ1n) is 7.09. The fourth-order valence-electron chi connectivity index (χ4n) is 2.69. The Labute approximate surface area is 135 Å². The highest BCUT2D eigenvalue weighted by Crippen LogP contribution is 2.48. The third-order valence-corrected chi connectivity index (χ3v) is 3.74. The highest BCUT2D eigenvalue weighted by Gasteiger charge is 2.22. The van der Waals surface area contributed by atoms with Crippen molar-refractivity contribution in [1.29, 1.82) is 0 Å². The lowest BCUT2D eigenvalue weighted by Gasteiger charge is -2.18. The normalized spacial score (nSPS) is 12.0. The molecular weight excluding hydrogens is 296 g/mol. The van der Waals surface area contributed by atoms with Crippen LogP contribution in [0.3, 0.4) is 0 Å². The number of fused-ring (bicyclic) bond motifs is 1. The Morgan fingerprint density at radius 3 is 2.35 bits per heavy atom. The van der Waals surface area contributed by atoms with Gasteiger partial charge in [0, 0.05) is 5.56 Å². The quantitative estimate of drug-likeness (QED) is 0.841. The number of ether oxygens (including phenoxy) is 5. The van der Waals surface area contributed by atoms with Gasteiger partial charge in [-0.15, -0.1) is 0 Å². The van der Waals surface area contributed by atoms with Crippen LogP contribution < -0.4 is 23.7 Å². The lowest BCUT2D eigenvalue weighted by molar-refractivity contribution is 0.174. The maximum atomic E-state index is 5.60. The van der Waals surface area contributed by atoms with Crippen molar-refractivity contribution in [3.05, 3.63) is 36.4 Å². The Balaban J connectivity index is 2.27. The molecule has 0 aromatic heterocycles. The first-order valence-corrected chi connectivity index (χ1v) is 7.09. The van der Waals surface area contributed by atoms with E-state index in [0.29, 0.717) is 23.0 Å². The Hall–Kier alpha value is -2.82. The maximum absolute atomic E-state index is 5.60. The topological polar surface area (TPSA) is 46.2 Å². The van der Waals surface area contributed by atoms with Crippen LogP contribution in [0, 0.1) is 0 Å². The number of hydrogen-bond acceptors (Lipinski definition) is 5. The van der Waals surface area contributed by atoms with Gasteiger partial charge >= 0.3 is 0 Å². The molecule has 0 saturated heterocycles. The molecule has 0 N–H and O–H groups in total. The van der Waals surface area contributed by atoms with Crippen LogP contribution in [-0.4, -0.2) is 28.1 Å². The first kappa shape index (κ1) is 15.1. The Morgan fingerprint density at radius 1 is 0.957 bits per heavy atom. The SMILES string of the molecule is C=Cc1cc(OC)c(OC)c(OC)c1-c1ccc2c(c1)OCO2. The minimum Gasteiger partial charge on any atom is -0.493 e. The number of hydrogen-bond donors (Lipinski definition) is 0. The molecule has 0 unspecified atom stereocenters. The molecule has 0 radical (unpaired) electrons. The molecule has 3 rings (SSSR count). The molecule has 2 aromatic rings. The summed E-state index contributed by atoms with van der Waals surface area (Å²) in [5.74, 6) is 3.14. The smallest absolute Gasteiger partial charge is 0.231 e. The van der Waals surface area contributed by atoms with Gasteiger partial charge in [-0.3, -0.25) is 0 Å². The molecule has 0 bridgehead atoms. The summed E-state index contributed by atoms with van der Waals surface area (Å²) >= 11 is 0. The van der Waals surface area contributed by atoms with Gasteiger partial charge in [-0.2, -0.15) is 0 Å². The molecule has 0 amide bonds. The van der Waals surface area contributed by atoms with Crippen molar-refractivity contribution in [2.75, 3.05) is 28.1 Å². The molecule has 23 heavy (non-hydrogen) atoms. The van der Waals surface area contributed by atoms with Gasteiger partial charge in [0.15, 0.2) is 23.0 Å². The van der Waals surface area contributed by atoms with E-state index < -0.39 is 0 Å². The second-order valence-electron chi connectivity index (χ2n) is 4.88. The summed E-state index contributed by atoms with van der Waals surface area (Å²) in [5.41, 5.74) is 2.65. The molecule has 0 atom stereocenters. The zero-order valence-corrected chi connectivity index (χ0v) is 13.3. The first-order chi connectivity index (χ1) is 11.2. The minimum atomic E-state index is 0.232. The van der Waals surface area contributed by atoms with Gasteiger partial charge in [-0.25, -0.2) is 0 Å². The molecule has 5 heteroatoms. The summed E-state index contributed by atoms with van der Waals surface area (Å²) in [6, 6.07) is 7.61. The Bertz CT molecular complexity index is 752. The van der Waals surface area contributed by atoms with Crippen LogP contribution in [0.5, 0.6) is 28.7 Å². The third kappa shape index (κ3) is 2.44. The molecule has 1 heterocycles. The highest BCUT2D eigenvalue weighted by atomic mass is 16.7. The highest BCUT2D eigenvalue weighted by molar-refractivity contribution is 5.85. The second-order valence-corrected chi connectivity index (χ2v) is 4.88. The molecule has 120 valence electrons. The molecule has 5 nitrogen and oxygen atoms in total. The summed E-state index contributed by atoms with van der Waals surface area (Å²) in [7, 11) is 4.77. The predicted octanol–water partition coefficient (Wildman–Crippen LogP) is 3.75. The molecule has 2 aromatic carbocycles. The Morgan fingerprint density at radius 2 is 1.70 bits per heavy atom. The van der Waals surface area contributed by atoms with Gasteiger partial charge in [0.1, 0.15) is 0 Å². The summed E-state index contributed by atoms with van der Waals surface area (Å²) in [6.07, 6.45) is 1.75. The van der Waals surface area contributed by atoms with E-state index in [0.717, 1.165) is 22.4 Å². The molecule has 0 saturated carbocycles. The summed E-state index contributed by atoms with van der Waals surface area (Å²) < 4.78 is 27.3. The van der Waals surface area contributed by atoms with Crippen molar-refractivity contribution < 1.29 is 23.7 Å². The van der Waals surface area contributed by atoms with Crippen molar-refractivity contribution in [2.45, 2.75) is 0 Å². The molecule has 1 aliphatic heterocycles. The number of methoxy groups -OCH3 is 3. The van der Waals surface area contributed by atoms with Crippen molar-refractivity contribution in [1.82, 2.24) is 0 Å². The summed E-state index contributed by atoms with van der Waals surface area (Å²) in [4.78, 5) is 0. The van der Waals surface area contributed by atoms with E-state index in [2.05, 4.69) is 6.58 Å². The Kier molecular flexibility index (Phi) is 4.02. The monoisotopic (exact) mass is 314 g/mol. The van der Waals surface area contributed by atoms with Crippen molar-refractivity contribution in [3.63, 3.8) is 0 Å². The lowest BCUT2D eigenvalue weighted by Crippen LogP contribution is -1.99. The molecule has 1 aliphatic rings. The number of benzene rings is 2. The standard InChI is InChI=1S/C18H18O5/c1-5-11-8-15(19-2)17(20-3)18(21-4)16(11)12-6-7-13-14(9-12)23-10-22-13/h5-9H,1,10H2,2-4H3. The van der Waals surface area contributed by atoms with Crippen LogP contribution >= 0.6 is 0 Å². The minimum absolute atomic E-state index is 0.232. The average Bonchev–Trinajstić information content (AvgIpc) is 3.07. The molecule has 0 aliphatic carbocycles. The predicted molar refractivity (Wildman–Crippen MR) is 87.7 cm³/mol. The van der Waals surface area contributed by atoms with Gasteiger partial charge in [0.25, 0.3) is 0 Å². The fraction of sp³-hybridized carbons (Fsp3) is 0.222. The maximum Gasteiger partial charge on any atom is 0.231 e. The van der Waals surface area contributed by atoms with E-state index in [4.69, 9.17) is 23.7 Å². The average molecular weight is 314 g/mol. The molecular formula is C18H18O5. The van der Waals surface area contributed by atoms with Crippen LogP contribution in [0.25, 0.3) is 17.2 Å². The zero-order chi connectivity index (χ0) is 16.4. The molecule has 0 spiro atoms. The van der Waals surface area contributed by atoms with Crippen LogP contribution in [0.1, 0.15) is 5.56 Å². The summed E-state index contributed by atoms with van der Waals surface area (Å²) in [6.45, 7) is 4.12. The number of rotatable bonds is 5. The van der Waals surface area contributed by atoms with E-state index in [1.807, 2.05) is 24.3 Å². The van der Waals surface area contributed by atoms with E-state index in [1.54, 1.807) is 27.4 Å². The summed E-state index contributed by atoms with van der Waals surface area (Å²) in [5, 5.41) is 0. The van der Waals surface area contributed by atoms with Gasteiger partial charge in [0.2, 0.25) is 12.5 Å². The van der Waals surface area contributed by atoms with Crippen molar-refractivity contribution >= 4 is 6.08 Å². The van der Waals surface area contributed by atoms with Crippen LogP contribution in [0.2, 0.25) is 0 Å². The third-order valence-electron chi connectivity index (χ3n) is 3.74. The van der Waals surface area contributed by atoms with Crippen molar-refractivity contribution in [2.24, 2.45) is 0 Å². The van der Waals surface area contributed by atoms with E-state index in [9.17, 15) is 0 Å². The van der Waals surface area contributed by atoms with Gasteiger partial charge < -0.3 is 23.7 Å². The largest absolute Gasteiger partial charge is 0.493 e. The lowest BCUT2D eigenvalue weighted by atomic mass is 9.97. The van der Waals surface area contributed by atoms with Gasteiger partial charge in [-0.1, -0.05) is 18.7 Å².